The number of para-hydroxylation sites is 2. The maximum Gasteiger partial charge on any atom is 0.0541 e. The standard InChI is InChI=1S/C84H60N2S2.C2H6/c1-9-29-61(30-10-1)63-53-64(62-31-11-2-12-32-62)55-65(54-63)66-56-67(85-81-47-27-25-45-77(81)79-59-75(49-51-83(79)85)87(69-33-13-3-14-34-69,70-35-15-4-16-36-70)71-37-17-5-18-38-71)58-68(57-66)86-82-48-28-26-46-78(82)80-60-76(50-52-84(80)86)88(72-39-19-6-20-40-72,73-41-21-7-22-42-73)74-43-23-8-24-44-74;1-2/h1-60H;1-2H3. The summed E-state index contributed by atoms with van der Waals surface area (Å²) < 4.78 is 5.04. The van der Waals surface area contributed by atoms with Crippen molar-refractivity contribution in [3.8, 4) is 44.8 Å². The molecule has 0 unspecified atom stereocenters. The summed E-state index contributed by atoms with van der Waals surface area (Å²) in [5.41, 5.74) is 13.7. The van der Waals surface area contributed by atoms with E-state index >= 15 is 0 Å². The van der Waals surface area contributed by atoms with Gasteiger partial charge in [0, 0.05) is 72.1 Å². The molecule has 16 rings (SSSR count). The van der Waals surface area contributed by atoms with Crippen molar-refractivity contribution in [3.05, 3.63) is 364 Å². The average Bonchev–Trinajstić information content (AvgIpc) is 1.69. The molecule has 2 heterocycles. The molecule has 432 valence electrons. The summed E-state index contributed by atoms with van der Waals surface area (Å²) >= 11 is 0. The molecule has 16 aromatic rings. The number of benzene rings is 14. The Bertz CT molecular complexity index is 4650. The minimum Gasteiger partial charge on any atom is -0.309 e. The van der Waals surface area contributed by atoms with Crippen molar-refractivity contribution in [1.82, 2.24) is 9.13 Å². The van der Waals surface area contributed by atoms with E-state index in [2.05, 4.69) is 373 Å². The highest BCUT2D eigenvalue weighted by Gasteiger charge is 2.36. The van der Waals surface area contributed by atoms with Crippen molar-refractivity contribution in [2.75, 3.05) is 0 Å². The molecule has 0 N–H and O–H groups in total. The second-order valence-electron chi connectivity index (χ2n) is 22.4. The van der Waals surface area contributed by atoms with E-state index in [0.29, 0.717) is 0 Å². The minimum absolute atomic E-state index is 1.08. The third-order valence-electron chi connectivity index (χ3n) is 17.5. The topological polar surface area (TPSA) is 9.86 Å². The Hall–Kier alpha value is -10.6. The molecule has 0 fully saturated rings. The lowest BCUT2D eigenvalue weighted by Gasteiger charge is -2.42. The van der Waals surface area contributed by atoms with Crippen LogP contribution >= 0.6 is 20.1 Å². The van der Waals surface area contributed by atoms with Gasteiger partial charge in [-0.2, -0.15) is 0 Å². The van der Waals surface area contributed by atoms with Crippen molar-refractivity contribution >= 4 is 63.7 Å². The lowest BCUT2D eigenvalue weighted by atomic mass is 9.93. The first-order chi connectivity index (χ1) is 44.6. The molecule has 4 heteroatoms. The summed E-state index contributed by atoms with van der Waals surface area (Å²) in [5, 5.41) is 4.83. The molecule has 90 heavy (non-hydrogen) atoms. The van der Waals surface area contributed by atoms with E-state index in [9.17, 15) is 0 Å². The normalized spacial score (nSPS) is 12.0. The van der Waals surface area contributed by atoms with Gasteiger partial charge in [0.15, 0.2) is 0 Å². The van der Waals surface area contributed by atoms with Crippen LogP contribution in [0.2, 0.25) is 0 Å². The van der Waals surface area contributed by atoms with Gasteiger partial charge in [0.2, 0.25) is 0 Å². The second kappa shape index (κ2) is 24.2. The number of fused-ring (bicyclic) bond motifs is 6. The first kappa shape index (κ1) is 55.9. The molecule has 0 radical (unpaired) electrons. The molecule has 0 aliphatic rings. The van der Waals surface area contributed by atoms with Crippen LogP contribution in [0.1, 0.15) is 13.8 Å². The molecule has 14 aromatic carbocycles. The van der Waals surface area contributed by atoms with Crippen LogP contribution in [-0.2, 0) is 0 Å². The number of nitrogens with zero attached hydrogens (tertiary/aromatic N) is 2. The maximum atomic E-state index is 2.52. The number of aromatic nitrogens is 2. The molecule has 0 atom stereocenters. The fourth-order valence-corrected chi connectivity index (χ4v) is 21.4. The van der Waals surface area contributed by atoms with Crippen molar-refractivity contribution in [3.63, 3.8) is 0 Å². The van der Waals surface area contributed by atoms with Gasteiger partial charge < -0.3 is 9.13 Å². The van der Waals surface area contributed by atoms with E-state index in [0.717, 1.165) is 44.6 Å². The van der Waals surface area contributed by atoms with Gasteiger partial charge in [-0.05, 0) is 191 Å². The third-order valence-corrected chi connectivity index (χ3v) is 25.3. The van der Waals surface area contributed by atoms with E-state index in [-0.39, 0.29) is 0 Å². The highest BCUT2D eigenvalue weighted by Crippen LogP contribution is 2.75. The maximum absolute atomic E-state index is 2.52. The molecule has 2 nitrogen and oxygen atoms in total. The Labute approximate surface area is 530 Å². The van der Waals surface area contributed by atoms with Gasteiger partial charge in [0.1, 0.15) is 0 Å². The number of hydrogen-bond acceptors (Lipinski definition) is 0. The molecule has 0 saturated carbocycles. The average molecular weight is 1190 g/mol. The molecule has 0 bridgehead atoms. The number of hydrogen-bond donors (Lipinski definition) is 0. The van der Waals surface area contributed by atoms with E-state index < -0.39 is 20.1 Å². The molecule has 0 aliphatic heterocycles. The lowest BCUT2D eigenvalue weighted by molar-refractivity contribution is 1.13. The van der Waals surface area contributed by atoms with Gasteiger partial charge >= 0.3 is 0 Å². The largest absolute Gasteiger partial charge is 0.309 e. The zero-order valence-corrected chi connectivity index (χ0v) is 52.0. The highest BCUT2D eigenvalue weighted by atomic mass is 32.3. The smallest absolute Gasteiger partial charge is 0.0541 e. The van der Waals surface area contributed by atoms with Crippen molar-refractivity contribution in [2.24, 2.45) is 0 Å². The predicted octanol–water partition coefficient (Wildman–Crippen LogP) is 24.6. The van der Waals surface area contributed by atoms with Gasteiger partial charge in [-0.1, -0.05) is 220 Å². The van der Waals surface area contributed by atoms with Gasteiger partial charge in [0.05, 0.1) is 22.1 Å². The summed E-state index contributed by atoms with van der Waals surface area (Å²) in [6, 6.07) is 136. The van der Waals surface area contributed by atoms with Gasteiger partial charge in [0.25, 0.3) is 0 Å². The van der Waals surface area contributed by atoms with Crippen LogP contribution in [0, 0.1) is 0 Å². The van der Waals surface area contributed by atoms with Crippen LogP contribution in [0.25, 0.3) is 88.4 Å². The Morgan fingerprint density at radius 1 is 0.178 bits per heavy atom. The fraction of sp³-hybridized carbons (Fsp3) is 0.0233. The van der Waals surface area contributed by atoms with E-state index in [1.165, 1.54) is 83.0 Å². The highest BCUT2D eigenvalue weighted by molar-refractivity contribution is 8.34. The van der Waals surface area contributed by atoms with Gasteiger partial charge in [-0.3, -0.25) is 0 Å². The zero-order chi connectivity index (χ0) is 60.4. The Kier molecular flexibility index (Phi) is 15.0. The molecule has 0 aliphatic carbocycles. The quantitative estimate of drug-likeness (QED) is 0.109. The van der Waals surface area contributed by atoms with Crippen molar-refractivity contribution in [1.29, 1.82) is 0 Å². The Morgan fingerprint density at radius 2 is 0.422 bits per heavy atom. The Balaban J connectivity index is 0.00000335. The first-order valence-electron chi connectivity index (χ1n) is 31.1. The van der Waals surface area contributed by atoms with E-state index in [4.69, 9.17) is 0 Å². The second-order valence-corrected chi connectivity index (χ2v) is 28.7. The monoisotopic (exact) mass is 1190 g/mol. The van der Waals surface area contributed by atoms with Gasteiger partial charge in [-0.15, -0.1) is 20.1 Å². The first-order valence-corrected chi connectivity index (χ1v) is 34.4. The van der Waals surface area contributed by atoms with Crippen LogP contribution in [0.3, 0.4) is 0 Å². The summed E-state index contributed by atoms with van der Waals surface area (Å²) in [5.74, 6) is 0. The molecule has 0 saturated heterocycles. The van der Waals surface area contributed by atoms with Crippen LogP contribution in [-0.4, -0.2) is 9.13 Å². The molecule has 0 amide bonds. The van der Waals surface area contributed by atoms with E-state index in [1.54, 1.807) is 0 Å². The van der Waals surface area contributed by atoms with Crippen LogP contribution in [0.15, 0.2) is 403 Å². The van der Waals surface area contributed by atoms with E-state index in [1.807, 2.05) is 13.8 Å². The molecule has 0 spiro atoms. The predicted molar refractivity (Wildman–Crippen MR) is 383 cm³/mol. The van der Waals surface area contributed by atoms with Crippen LogP contribution < -0.4 is 0 Å². The summed E-state index contributed by atoms with van der Waals surface area (Å²) in [4.78, 5) is 10.4. The summed E-state index contributed by atoms with van der Waals surface area (Å²) in [6.07, 6.45) is 0. The van der Waals surface area contributed by atoms with Crippen LogP contribution in [0.4, 0.5) is 0 Å². The third kappa shape index (κ3) is 9.55. The SMILES string of the molecule is CC.c1ccc(-c2cc(-c3ccccc3)cc(-c3cc(-n4c5ccccc5c5cc(S(c6ccccc6)(c6ccccc6)c6ccccc6)ccc54)cc(-n4c5ccccc5c5cc(S(c6ccccc6)(c6ccccc6)c6ccccc6)ccc54)c3)c2)cc1. The summed E-state index contributed by atoms with van der Waals surface area (Å²) in [6.45, 7) is 4.00. The Morgan fingerprint density at radius 3 is 0.733 bits per heavy atom. The lowest BCUT2D eigenvalue weighted by Crippen LogP contribution is -2.05. The zero-order valence-electron chi connectivity index (χ0n) is 50.4. The molecular weight excluding hydrogens is 1130 g/mol. The minimum atomic E-state index is -1.97. The molecular formula is C86H66N2S2. The fourth-order valence-electron chi connectivity index (χ4n) is 13.6. The van der Waals surface area contributed by atoms with Gasteiger partial charge in [-0.25, -0.2) is 0 Å². The van der Waals surface area contributed by atoms with Crippen molar-refractivity contribution < 1.29 is 0 Å². The van der Waals surface area contributed by atoms with Crippen molar-refractivity contribution in [2.45, 2.75) is 53.0 Å². The molecule has 2 aromatic heterocycles. The number of rotatable bonds is 13. The summed E-state index contributed by atoms with van der Waals surface area (Å²) in [7, 11) is -3.95. The van der Waals surface area contributed by atoms with Crippen LogP contribution in [0.5, 0.6) is 0 Å².